The van der Waals surface area contributed by atoms with Crippen LogP contribution in [0.4, 0.5) is 5.69 Å². The van der Waals surface area contributed by atoms with Crippen molar-refractivity contribution in [2.24, 2.45) is 0 Å². The molecule has 0 aliphatic rings. The smallest absolute Gasteiger partial charge is 0.265 e. The molecule has 0 saturated carbocycles. The van der Waals surface area contributed by atoms with Gasteiger partial charge >= 0.3 is 0 Å². The maximum Gasteiger partial charge on any atom is 0.265 e. The molecule has 0 saturated heterocycles. The second-order valence-corrected chi connectivity index (χ2v) is 6.49. The molecular formula is C21H16BrNO2. The summed E-state index contributed by atoms with van der Waals surface area (Å²) in [4.78, 5) is 27.4. The standard InChI is InChI=1S/C21H16BrNO2/c1-15-12-13-19(18(22)14-15)23(20(24)16-8-4-2-5-9-16)21(25)17-10-6-3-7-11-17/h2-14H,1H3. The average Bonchev–Trinajstić information content (AvgIpc) is 2.65. The lowest BCUT2D eigenvalue weighted by molar-refractivity contribution is 0.0897. The molecule has 124 valence electrons. The Labute approximate surface area is 155 Å². The normalized spacial score (nSPS) is 10.3. The highest BCUT2D eigenvalue weighted by Gasteiger charge is 2.27. The molecule has 0 aromatic heterocycles. The number of hydrogen-bond donors (Lipinski definition) is 0. The van der Waals surface area contributed by atoms with E-state index in [0.717, 1.165) is 5.56 Å². The van der Waals surface area contributed by atoms with Crippen molar-refractivity contribution in [1.82, 2.24) is 0 Å². The third kappa shape index (κ3) is 3.69. The van der Waals surface area contributed by atoms with Gasteiger partial charge in [-0.05, 0) is 64.8 Å². The van der Waals surface area contributed by atoms with E-state index in [1.54, 1.807) is 54.6 Å². The molecule has 0 N–H and O–H groups in total. The summed E-state index contributed by atoms with van der Waals surface area (Å²) in [6.45, 7) is 1.96. The molecule has 0 unspecified atom stereocenters. The van der Waals surface area contributed by atoms with Crippen molar-refractivity contribution in [2.45, 2.75) is 6.92 Å². The van der Waals surface area contributed by atoms with Crippen LogP contribution in [0.2, 0.25) is 0 Å². The summed E-state index contributed by atoms with van der Waals surface area (Å²) < 4.78 is 0.695. The van der Waals surface area contributed by atoms with Gasteiger partial charge in [-0.15, -0.1) is 0 Å². The van der Waals surface area contributed by atoms with Crippen molar-refractivity contribution in [2.75, 3.05) is 4.90 Å². The average molecular weight is 394 g/mol. The quantitative estimate of drug-likeness (QED) is 0.570. The molecule has 0 aliphatic carbocycles. The van der Waals surface area contributed by atoms with Gasteiger partial charge in [0.2, 0.25) is 0 Å². The summed E-state index contributed by atoms with van der Waals surface area (Å²) in [6.07, 6.45) is 0. The Morgan fingerprint density at radius 1 is 0.760 bits per heavy atom. The Bertz CT molecular complexity index is 856. The largest absolute Gasteiger partial charge is 0.268 e. The van der Waals surface area contributed by atoms with Crippen LogP contribution < -0.4 is 4.90 Å². The molecule has 0 bridgehead atoms. The molecule has 3 aromatic carbocycles. The molecule has 2 amide bonds. The van der Waals surface area contributed by atoms with E-state index in [1.165, 1.54) is 4.90 Å². The maximum absolute atomic E-state index is 13.1. The van der Waals surface area contributed by atoms with Crippen LogP contribution in [-0.4, -0.2) is 11.8 Å². The first-order valence-corrected chi connectivity index (χ1v) is 8.62. The van der Waals surface area contributed by atoms with Crippen LogP contribution in [0, 0.1) is 6.92 Å². The zero-order valence-electron chi connectivity index (χ0n) is 13.6. The second-order valence-electron chi connectivity index (χ2n) is 5.63. The van der Waals surface area contributed by atoms with E-state index in [0.29, 0.717) is 21.3 Å². The third-order valence-corrected chi connectivity index (χ3v) is 4.43. The van der Waals surface area contributed by atoms with Gasteiger partial charge in [0.05, 0.1) is 5.69 Å². The van der Waals surface area contributed by atoms with E-state index >= 15 is 0 Å². The minimum absolute atomic E-state index is 0.362. The van der Waals surface area contributed by atoms with Crippen molar-refractivity contribution in [3.63, 3.8) is 0 Å². The summed E-state index contributed by atoms with van der Waals surface area (Å²) in [5.74, 6) is -0.724. The van der Waals surface area contributed by atoms with Crippen LogP contribution in [0.15, 0.2) is 83.3 Å². The van der Waals surface area contributed by atoms with Crippen LogP contribution in [0.5, 0.6) is 0 Å². The Kier molecular flexibility index (Phi) is 5.10. The van der Waals surface area contributed by atoms with E-state index in [4.69, 9.17) is 0 Å². The molecular weight excluding hydrogens is 378 g/mol. The minimum Gasteiger partial charge on any atom is -0.268 e. The number of anilines is 1. The molecule has 25 heavy (non-hydrogen) atoms. The second kappa shape index (κ2) is 7.45. The molecule has 0 spiro atoms. The molecule has 0 aliphatic heterocycles. The molecule has 0 atom stereocenters. The fraction of sp³-hybridized carbons (Fsp3) is 0.0476. The first-order valence-electron chi connectivity index (χ1n) is 7.83. The van der Waals surface area contributed by atoms with Crippen LogP contribution in [0.25, 0.3) is 0 Å². The van der Waals surface area contributed by atoms with Crippen molar-refractivity contribution < 1.29 is 9.59 Å². The van der Waals surface area contributed by atoms with Crippen LogP contribution >= 0.6 is 15.9 Å². The molecule has 3 rings (SSSR count). The Morgan fingerprint density at radius 3 is 1.68 bits per heavy atom. The molecule has 3 aromatic rings. The van der Waals surface area contributed by atoms with Crippen LogP contribution in [0.3, 0.4) is 0 Å². The van der Waals surface area contributed by atoms with Crippen molar-refractivity contribution in [3.8, 4) is 0 Å². The number of imide groups is 1. The maximum atomic E-state index is 13.1. The topological polar surface area (TPSA) is 37.4 Å². The van der Waals surface area contributed by atoms with Crippen LogP contribution in [0.1, 0.15) is 26.3 Å². The van der Waals surface area contributed by atoms with E-state index in [2.05, 4.69) is 15.9 Å². The zero-order valence-corrected chi connectivity index (χ0v) is 15.2. The molecule has 0 heterocycles. The number of aryl methyl sites for hydroxylation is 1. The number of carbonyl (C=O) groups is 2. The van der Waals surface area contributed by atoms with Gasteiger partial charge < -0.3 is 0 Å². The van der Waals surface area contributed by atoms with E-state index in [9.17, 15) is 9.59 Å². The van der Waals surface area contributed by atoms with Gasteiger partial charge in [-0.1, -0.05) is 42.5 Å². The highest BCUT2D eigenvalue weighted by molar-refractivity contribution is 9.10. The number of nitrogens with zero attached hydrogens (tertiary/aromatic N) is 1. The lowest BCUT2D eigenvalue weighted by atomic mass is 10.1. The third-order valence-electron chi connectivity index (χ3n) is 3.79. The van der Waals surface area contributed by atoms with Gasteiger partial charge in [-0.3, -0.25) is 9.59 Å². The van der Waals surface area contributed by atoms with Gasteiger partial charge in [0.1, 0.15) is 0 Å². The lowest BCUT2D eigenvalue weighted by Gasteiger charge is -2.22. The van der Waals surface area contributed by atoms with Crippen molar-refractivity contribution in [1.29, 1.82) is 0 Å². The zero-order chi connectivity index (χ0) is 17.8. The van der Waals surface area contributed by atoms with E-state index < -0.39 is 0 Å². The first-order chi connectivity index (χ1) is 12.1. The SMILES string of the molecule is Cc1ccc(N(C(=O)c2ccccc2)C(=O)c2ccccc2)c(Br)c1. The summed E-state index contributed by atoms with van der Waals surface area (Å²) in [5.41, 5.74) is 2.47. The minimum atomic E-state index is -0.362. The summed E-state index contributed by atoms with van der Waals surface area (Å²) in [7, 11) is 0. The van der Waals surface area contributed by atoms with Crippen molar-refractivity contribution >= 4 is 33.4 Å². The number of amides is 2. The van der Waals surface area contributed by atoms with Crippen molar-refractivity contribution in [3.05, 3.63) is 100 Å². The first kappa shape index (κ1) is 17.1. The number of benzene rings is 3. The Morgan fingerprint density at radius 2 is 1.24 bits per heavy atom. The molecule has 3 nitrogen and oxygen atoms in total. The highest BCUT2D eigenvalue weighted by atomic mass is 79.9. The van der Waals surface area contributed by atoms with Crippen LogP contribution in [-0.2, 0) is 0 Å². The Balaban J connectivity index is 2.11. The lowest BCUT2D eigenvalue weighted by Crippen LogP contribution is -2.37. The fourth-order valence-electron chi connectivity index (χ4n) is 2.52. The fourth-order valence-corrected chi connectivity index (χ4v) is 3.19. The molecule has 0 radical (unpaired) electrons. The Hall–Kier alpha value is -2.72. The summed E-state index contributed by atoms with van der Waals surface area (Å²) >= 11 is 3.48. The van der Waals surface area contributed by atoms with Gasteiger partial charge in [0.25, 0.3) is 11.8 Å². The van der Waals surface area contributed by atoms with Gasteiger partial charge in [0, 0.05) is 15.6 Å². The van der Waals surface area contributed by atoms with Gasteiger partial charge in [-0.25, -0.2) is 4.90 Å². The summed E-state index contributed by atoms with van der Waals surface area (Å²) in [6, 6.07) is 23.2. The number of hydrogen-bond acceptors (Lipinski definition) is 2. The monoisotopic (exact) mass is 393 g/mol. The molecule has 0 fully saturated rings. The molecule has 4 heteroatoms. The van der Waals surface area contributed by atoms with E-state index in [-0.39, 0.29) is 11.8 Å². The highest BCUT2D eigenvalue weighted by Crippen LogP contribution is 2.30. The van der Waals surface area contributed by atoms with Gasteiger partial charge in [-0.2, -0.15) is 0 Å². The summed E-state index contributed by atoms with van der Waals surface area (Å²) in [5, 5.41) is 0. The predicted octanol–water partition coefficient (Wildman–Crippen LogP) is 5.24. The predicted molar refractivity (Wildman–Crippen MR) is 103 cm³/mol. The number of rotatable bonds is 3. The number of halogens is 1. The number of carbonyl (C=O) groups excluding carboxylic acids is 2. The van der Waals surface area contributed by atoms with E-state index in [1.807, 2.05) is 31.2 Å². The van der Waals surface area contributed by atoms with Gasteiger partial charge in [0.15, 0.2) is 0 Å².